The monoisotopic (exact) mass is 436 g/mol. The van der Waals surface area contributed by atoms with Gasteiger partial charge in [-0.1, -0.05) is 48.2 Å². The van der Waals surface area contributed by atoms with Crippen molar-refractivity contribution in [3.63, 3.8) is 0 Å². The van der Waals surface area contributed by atoms with Crippen LogP contribution in [0, 0.1) is 0 Å². The molecule has 2 aromatic rings. The fourth-order valence-corrected chi connectivity index (χ4v) is 5.80. The van der Waals surface area contributed by atoms with Crippen molar-refractivity contribution in [3.8, 4) is 0 Å². The van der Waals surface area contributed by atoms with E-state index in [1.807, 2.05) is 30.3 Å². The molecule has 1 fully saturated rings. The molecule has 0 spiro atoms. The van der Waals surface area contributed by atoms with E-state index < -0.39 is 10.0 Å². The Morgan fingerprint density at radius 2 is 1.86 bits per heavy atom. The van der Waals surface area contributed by atoms with Crippen LogP contribution in [-0.4, -0.2) is 59.7 Å². The molecule has 28 heavy (non-hydrogen) atoms. The van der Waals surface area contributed by atoms with E-state index in [9.17, 15) is 8.42 Å². The van der Waals surface area contributed by atoms with E-state index in [4.69, 9.17) is 12.2 Å². The number of nitrogens with one attached hydrogen (secondary N) is 1. The summed E-state index contributed by atoms with van der Waals surface area (Å²) in [6.45, 7) is 3.05. The predicted octanol–water partition coefficient (Wildman–Crippen LogP) is 2.34. The summed E-state index contributed by atoms with van der Waals surface area (Å²) < 4.78 is 27.4. The summed E-state index contributed by atoms with van der Waals surface area (Å²) in [5.41, 5.74) is 2.18. The number of hydrogen-bond acceptors (Lipinski definition) is 6. The van der Waals surface area contributed by atoms with Crippen LogP contribution < -0.4 is 10.2 Å². The van der Waals surface area contributed by atoms with Crippen molar-refractivity contribution in [1.82, 2.24) is 14.6 Å². The van der Waals surface area contributed by atoms with Crippen molar-refractivity contribution < 1.29 is 8.42 Å². The van der Waals surface area contributed by atoms with Gasteiger partial charge in [0, 0.05) is 56.6 Å². The van der Waals surface area contributed by atoms with Gasteiger partial charge in [-0.15, -0.1) is 0 Å². The van der Waals surface area contributed by atoms with Crippen LogP contribution in [0.25, 0.3) is 0 Å². The number of rotatable bonds is 7. The number of aromatic nitrogens is 1. The Kier molecular flexibility index (Phi) is 7.66. The lowest BCUT2D eigenvalue weighted by atomic mass is 10.2. The Bertz CT molecular complexity index is 855. The van der Waals surface area contributed by atoms with Gasteiger partial charge >= 0.3 is 0 Å². The number of para-hydroxylation sites is 1. The first-order valence-electron chi connectivity index (χ1n) is 9.12. The first-order chi connectivity index (χ1) is 13.5. The number of anilines is 1. The van der Waals surface area contributed by atoms with Crippen LogP contribution in [0.2, 0.25) is 0 Å². The van der Waals surface area contributed by atoms with Gasteiger partial charge in [-0.25, -0.2) is 8.42 Å². The molecule has 0 aliphatic carbocycles. The zero-order chi connectivity index (χ0) is 19.8. The highest BCUT2D eigenvalue weighted by Gasteiger charge is 2.26. The van der Waals surface area contributed by atoms with Crippen molar-refractivity contribution in [2.24, 2.45) is 0 Å². The van der Waals surface area contributed by atoms with E-state index in [2.05, 4.69) is 27.3 Å². The molecule has 0 amide bonds. The summed E-state index contributed by atoms with van der Waals surface area (Å²) >= 11 is 6.65. The highest BCUT2D eigenvalue weighted by atomic mass is 32.2. The molecule has 1 saturated heterocycles. The van der Waals surface area contributed by atoms with Crippen LogP contribution in [0.4, 0.5) is 5.69 Å². The number of thioether (sulfide) groups is 1. The van der Waals surface area contributed by atoms with Crippen LogP contribution in [0.15, 0.2) is 54.9 Å². The molecule has 9 heteroatoms. The Labute approximate surface area is 176 Å². The van der Waals surface area contributed by atoms with Crippen molar-refractivity contribution in [2.45, 2.75) is 6.54 Å². The molecule has 1 aliphatic heterocycles. The molecule has 2 heterocycles. The topological polar surface area (TPSA) is 65.5 Å². The lowest BCUT2D eigenvalue weighted by Gasteiger charge is -2.35. The fourth-order valence-electron chi connectivity index (χ4n) is 2.96. The minimum Gasteiger partial charge on any atom is -0.369 e. The van der Waals surface area contributed by atoms with Crippen molar-refractivity contribution in [2.75, 3.05) is 42.6 Å². The average molecular weight is 437 g/mol. The van der Waals surface area contributed by atoms with Crippen LogP contribution in [-0.2, 0) is 16.6 Å². The number of benzene rings is 1. The number of hydrogen-bond donors (Lipinski definition) is 1. The lowest BCUT2D eigenvalue weighted by molar-refractivity contribution is 0.386. The normalized spacial score (nSPS) is 15.4. The number of nitrogens with zero attached hydrogens (tertiary/aromatic N) is 3. The maximum Gasteiger partial charge on any atom is 0.215 e. The van der Waals surface area contributed by atoms with Gasteiger partial charge < -0.3 is 10.2 Å². The van der Waals surface area contributed by atoms with E-state index in [0.29, 0.717) is 42.8 Å². The molecule has 1 N–H and O–H groups in total. The summed E-state index contributed by atoms with van der Waals surface area (Å²) in [7, 11) is -3.26. The third-order valence-electron chi connectivity index (χ3n) is 4.49. The molecular weight excluding hydrogens is 412 g/mol. The Balaban J connectivity index is 1.39. The SMILES string of the molecule is O=S(=O)(CCSC(=S)NCc1cccnc1)N1CCN(c2ccccc2)CC1. The van der Waals surface area contributed by atoms with Crippen LogP contribution in [0.3, 0.4) is 0 Å². The highest BCUT2D eigenvalue weighted by Crippen LogP contribution is 2.17. The Morgan fingerprint density at radius 1 is 1.11 bits per heavy atom. The Morgan fingerprint density at radius 3 is 2.54 bits per heavy atom. The lowest BCUT2D eigenvalue weighted by Crippen LogP contribution is -2.49. The molecule has 0 unspecified atom stereocenters. The molecule has 0 radical (unpaired) electrons. The van der Waals surface area contributed by atoms with E-state index in [0.717, 1.165) is 11.3 Å². The zero-order valence-corrected chi connectivity index (χ0v) is 18.0. The predicted molar refractivity (Wildman–Crippen MR) is 120 cm³/mol. The van der Waals surface area contributed by atoms with E-state index >= 15 is 0 Å². The minimum atomic E-state index is -3.26. The van der Waals surface area contributed by atoms with E-state index in [-0.39, 0.29) is 5.75 Å². The quantitative estimate of drug-likeness (QED) is 0.668. The molecule has 1 aromatic carbocycles. The smallest absolute Gasteiger partial charge is 0.215 e. The minimum absolute atomic E-state index is 0.0950. The third kappa shape index (κ3) is 6.16. The molecule has 1 aliphatic rings. The number of piperazine rings is 1. The second kappa shape index (κ2) is 10.2. The van der Waals surface area contributed by atoms with Gasteiger partial charge in [0.05, 0.1) is 5.75 Å². The maximum atomic E-state index is 12.6. The number of thiocarbonyl (C=S) groups is 1. The first-order valence-corrected chi connectivity index (χ1v) is 12.1. The molecule has 0 saturated carbocycles. The van der Waals surface area contributed by atoms with Gasteiger partial charge in [-0.05, 0) is 23.8 Å². The van der Waals surface area contributed by atoms with Crippen LogP contribution in [0.5, 0.6) is 0 Å². The summed E-state index contributed by atoms with van der Waals surface area (Å²) in [6.07, 6.45) is 3.50. The van der Waals surface area contributed by atoms with E-state index in [1.54, 1.807) is 16.7 Å². The number of pyridine rings is 1. The molecule has 0 atom stereocenters. The van der Waals surface area contributed by atoms with Crippen molar-refractivity contribution in [3.05, 3.63) is 60.4 Å². The van der Waals surface area contributed by atoms with Crippen LogP contribution >= 0.6 is 24.0 Å². The second-order valence-electron chi connectivity index (χ2n) is 6.39. The Hall–Kier alpha value is -1.68. The average Bonchev–Trinajstić information content (AvgIpc) is 2.74. The molecule has 0 bridgehead atoms. The standard InChI is InChI=1S/C19H24N4O2S3/c24-28(25,14-13-27-19(26)21-16-17-5-4-8-20-15-17)23-11-9-22(10-12-23)18-6-2-1-3-7-18/h1-8,15H,9-14,16H2,(H,21,26). The number of sulfonamides is 1. The molecule has 6 nitrogen and oxygen atoms in total. The summed E-state index contributed by atoms with van der Waals surface area (Å²) in [5, 5.41) is 3.13. The largest absolute Gasteiger partial charge is 0.369 e. The third-order valence-corrected chi connectivity index (χ3v) is 7.93. The maximum absolute atomic E-state index is 12.6. The van der Waals surface area contributed by atoms with Gasteiger partial charge in [0.15, 0.2) is 0 Å². The van der Waals surface area contributed by atoms with Gasteiger partial charge in [0.1, 0.15) is 4.32 Å². The highest BCUT2D eigenvalue weighted by molar-refractivity contribution is 8.23. The van der Waals surface area contributed by atoms with Crippen molar-refractivity contribution in [1.29, 1.82) is 0 Å². The molecular formula is C19H24N4O2S3. The van der Waals surface area contributed by atoms with E-state index in [1.165, 1.54) is 11.8 Å². The van der Waals surface area contributed by atoms with Crippen molar-refractivity contribution >= 4 is 44.0 Å². The summed E-state index contributed by atoms with van der Waals surface area (Å²) in [6, 6.07) is 13.9. The second-order valence-corrected chi connectivity index (χ2v) is 10.2. The van der Waals surface area contributed by atoms with Gasteiger partial charge in [-0.2, -0.15) is 4.31 Å². The summed E-state index contributed by atoms with van der Waals surface area (Å²) in [5.74, 6) is 0.540. The van der Waals surface area contributed by atoms with Gasteiger partial charge in [0.2, 0.25) is 10.0 Å². The first kappa shape index (κ1) is 21.0. The summed E-state index contributed by atoms with van der Waals surface area (Å²) in [4.78, 5) is 6.28. The molecule has 1 aromatic heterocycles. The van der Waals surface area contributed by atoms with Gasteiger partial charge in [-0.3, -0.25) is 4.98 Å². The van der Waals surface area contributed by atoms with Crippen LogP contribution in [0.1, 0.15) is 5.56 Å². The molecule has 150 valence electrons. The zero-order valence-electron chi connectivity index (χ0n) is 15.5. The fraction of sp³-hybridized carbons (Fsp3) is 0.368. The van der Waals surface area contributed by atoms with Gasteiger partial charge in [0.25, 0.3) is 0 Å². The molecule has 3 rings (SSSR count).